The lowest BCUT2D eigenvalue weighted by Crippen LogP contribution is -2.31. The number of amides is 1. The topological polar surface area (TPSA) is 144 Å². The van der Waals surface area contributed by atoms with Crippen molar-refractivity contribution in [2.45, 2.75) is 12.3 Å². The van der Waals surface area contributed by atoms with E-state index < -0.39 is 31.3 Å². The molecule has 0 saturated carbocycles. The number of rotatable bonds is 8. The lowest BCUT2D eigenvalue weighted by molar-refractivity contribution is -0.131. The zero-order valence-corrected chi connectivity index (χ0v) is 7.31. The molecule has 0 saturated heterocycles. The molecule has 10 heteroatoms. The number of carbonyl (C=O) groups excluding carboxylic acids is 1. The zero-order chi connectivity index (χ0) is 11.7. The van der Waals surface area contributed by atoms with Crippen molar-refractivity contribution in [2.75, 3.05) is 13.1 Å². The molecule has 0 heterocycles. The van der Waals surface area contributed by atoms with E-state index in [1.165, 1.54) is 0 Å². The van der Waals surface area contributed by atoms with Gasteiger partial charge in [-0.25, -0.2) is 0 Å². The van der Waals surface area contributed by atoms with E-state index in [-0.39, 0.29) is 0 Å². The summed E-state index contributed by atoms with van der Waals surface area (Å²) in [6.45, 7) is -1.33. The van der Waals surface area contributed by atoms with Crippen LogP contribution in [-0.2, 0) is 9.53 Å². The van der Waals surface area contributed by atoms with E-state index >= 15 is 0 Å². The van der Waals surface area contributed by atoms with Gasteiger partial charge in [-0.2, -0.15) is 9.81 Å². The van der Waals surface area contributed by atoms with E-state index in [1.54, 1.807) is 0 Å². The molecule has 0 aromatic rings. The molecule has 82 valence electrons. The van der Waals surface area contributed by atoms with Crippen molar-refractivity contribution in [3.05, 3.63) is 19.6 Å². The monoisotopic (exact) mass is 218 g/mol. The Hall–Kier alpha value is -1.97. The maximum absolute atomic E-state index is 10.7. The van der Waals surface area contributed by atoms with Crippen LogP contribution < -0.4 is 0 Å². The lowest BCUT2D eigenvalue weighted by Gasteiger charge is -2.11. The summed E-state index contributed by atoms with van der Waals surface area (Å²) in [7, 11) is 0. The van der Waals surface area contributed by atoms with Gasteiger partial charge < -0.3 is 4.74 Å². The summed E-state index contributed by atoms with van der Waals surface area (Å²) in [5.74, 6) is -1.31. The Kier molecular flexibility index (Phi) is 6.46. The first kappa shape index (κ1) is 13.0. The van der Waals surface area contributed by atoms with E-state index in [1.807, 2.05) is 5.18 Å². The van der Waals surface area contributed by atoms with Crippen molar-refractivity contribution >= 4 is 5.91 Å². The van der Waals surface area contributed by atoms with Crippen LogP contribution in [0, 0.1) is 19.6 Å². The van der Waals surface area contributed by atoms with Crippen LogP contribution in [0.25, 0.3) is 0 Å². The van der Waals surface area contributed by atoms with Gasteiger partial charge in [-0.3, -0.25) is 4.79 Å². The largest absolute Gasteiger partial charge is 0.336 e. The highest BCUT2D eigenvalue weighted by Crippen LogP contribution is 2.04. The van der Waals surface area contributed by atoms with Crippen LogP contribution in [0.1, 0.15) is 0 Å². The Morgan fingerprint density at radius 1 is 1.07 bits per heavy atom. The highest BCUT2D eigenvalue weighted by molar-refractivity contribution is 5.81. The molecule has 2 unspecified atom stereocenters. The maximum atomic E-state index is 10.7. The standard InChI is InChI=1S/C5H6N4O6/c10-5(9-14)3(1-6-11)15-4(8-13)2-7-12/h3-4H,1-2H2. The van der Waals surface area contributed by atoms with Gasteiger partial charge >= 0.3 is 5.91 Å². The van der Waals surface area contributed by atoms with E-state index in [0.717, 1.165) is 0 Å². The minimum absolute atomic E-state index is 0.634. The predicted octanol–water partition coefficient (Wildman–Crippen LogP) is 0.290. The predicted molar refractivity (Wildman–Crippen MR) is 46.6 cm³/mol. The van der Waals surface area contributed by atoms with Crippen molar-refractivity contribution in [1.29, 1.82) is 0 Å². The normalized spacial score (nSPS) is 13.6. The van der Waals surface area contributed by atoms with Crippen molar-refractivity contribution in [2.24, 2.45) is 20.7 Å². The molecule has 0 radical (unpaired) electrons. The number of hydrogen-bond acceptors (Lipinski definition) is 9. The smallest absolute Gasteiger partial charge is 0.316 e. The van der Waals surface area contributed by atoms with E-state index in [9.17, 15) is 24.4 Å². The minimum atomic E-state index is -1.61. The van der Waals surface area contributed by atoms with Crippen LogP contribution in [0.5, 0.6) is 0 Å². The fourth-order valence-corrected chi connectivity index (χ4v) is 0.660. The van der Waals surface area contributed by atoms with Gasteiger partial charge in [-0.05, 0) is 5.18 Å². The fourth-order valence-electron chi connectivity index (χ4n) is 0.660. The van der Waals surface area contributed by atoms with Gasteiger partial charge in [0, 0.05) is 5.18 Å². The first-order chi connectivity index (χ1) is 7.19. The van der Waals surface area contributed by atoms with Gasteiger partial charge in [0.05, 0.1) is 0 Å². The van der Waals surface area contributed by atoms with E-state index in [2.05, 4.69) is 20.3 Å². The summed E-state index contributed by atoms with van der Waals surface area (Å²) in [4.78, 5) is 50.2. The van der Waals surface area contributed by atoms with Gasteiger partial charge in [0.2, 0.25) is 6.23 Å². The Labute approximate surface area is 82.3 Å². The number of nitrogens with zero attached hydrogens (tertiary/aromatic N) is 4. The molecule has 0 aromatic carbocycles. The Morgan fingerprint density at radius 3 is 2.07 bits per heavy atom. The Morgan fingerprint density at radius 2 is 1.67 bits per heavy atom. The second-order valence-electron chi connectivity index (χ2n) is 2.24. The van der Waals surface area contributed by atoms with Crippen molar-refractivity contribution in [1.82, 2.24) is 0 Å². The van der Waals surface area contributed by atoms with Gasteiger partial charge in [0.1, 0.15) is 13.1 Å². The molecular weight excluding hydrogens is 212 g/mol. The second kappa shape index (κ2) is 7.44. The molecule has 1 amide bonds. The highest BCUT2D eigenvalue weighted by Gasteiger charge is 2.25. The second-order valence-corrected chi connectivity index (χ2v) is 2.24. The number of hydrogen-bond donors (Lipinski definition) is 0. The Balaban J connectivity index is 4.41. The molecular formula is C5H6N4O6. The first-order valence-corrected chi connectivity index (χ1v) is 3.63. The molecule has 0 aliphatic rings. The van der Waals surface area contributed by atoms with Crippen LogP contribution in [0.3, 0.4) is 0 Å². The highest BCUT2D eigenvalue weighted by atomic mass is 16.5. The summed E-state index contributed by atoms with van der Waals surface area (Å²) >= 11 is 0. The number of ether oxygens (including phenoxy) is 1. The SMILES string of the molecule is O=NCC(N=O)OC(CN=O)C(=O)N=O. The molecule has 0 aromatic heterocycles. The fraction of sp³-hybridized carbons (Fsp3) is 0.800. The van der Waals surface area contributed by atoms with Gasteiger partial charge in [-0.1, -0.05) is 10.4 Å². The van der Waals surface area contributed by atoms with Crippen LogP contribution >= 0.6 is 0 Å². The molecule has 0 aliphatic heterocycles. The summed E-state index contributed by atoms with van der Waals surface area (Å²) < 4.78 is 4.52. The first-order valence-electron chi connectivity index (χ1n) is 3.63. The number of nitroso groups, excluding NO2 is 4. The summed E-state index contributed by atoms with van der Waals surface area (Å²) in [5.41, 5.74) is 0. The molecule has 2 atom stereocenters. The zero-order valence-electron chi connectivity index (χ0n) is 7.31. The lowest BCUT2D eigenvalue weighted by atomic mass is 10.3. The molecule has 0 aliphatic carbocycles. The average Bonchev–Trinajstić information content (AvgIpc) is 2.26. The van der Waals surface area contributed by atoms with Crippen molar-refractivity contribution in [3.8, 4) is 0 Å². The Bertz CT molecular complexity index is 268. The average molecular weight is 218 g/mol. The van der Waals surface area contributed by atoms with Crippen LogP contribution in [-0.4, -0.2) is 31.3 Å². The van der Waals surface area contributed by atoms with Gasteiger partial charge in [0.25, 0.3) is 0 Å². The third-order valence-electron chi connectivity index (χ3n) is 1.28. The molecule has 15 heavy (non-hydrogen) atoms. The molecule has 0 fully saturated rings. The quantitative estimate of drug-likeness (QED) is 0.535. The van der Waals surface area contributed by atoms with Crippen LogP contribution in [0.4, 0.5) is 0 Å². The third kappa shape index (κ3) is 4.71. The van der Waals surface area contributed by atoms with E-state index in [0.29, 0.717) is 0 Å². The van der Waals surface area contributed by atoms with Crippen molar-refractivity contribution < 1.29 is 9.53 Å². The number of carbonyl (C=O) groups is 1. The summed E-state index contributed by atoms with van der Waals surface area (Å²) in [6, 6.07) is 0. The van der Waals surface area contributed by atoms with Crippen LogP contribution in [0.15, 0.2) is 20.7 Å². The molecule has 0 rings (SSSR count). The third-order valence-corrected chi connectivity index (χ3v) is 1.28. The van der Waals surface area contributed by atoms with E-state index in [4.69, 9.17) is 0 Å². The molecule has 0 spiro atoms. The maximum Gasteiger partial charge on any atom is 0.316 e. The van der Waals surface area contributed by atoms with Gasteiger partial charge in [0.15, 0.2) is 6.10 Å². The van der Waals surface area contributed by atoms with Crippen molar-refractivity contribution in [3.63, 3.8) is 0 Å². The molecule has 0 bridgehead atoms. The van der Waals surface area contributed by atoms with Gasteiger partial charge in [-0.15, -0.1) is 9.81 Å². The van der Waals surface area contributed by atoms with Crippen LogP contribution in [0.2, 0.25) is 0 Å². The molecule has 0 N–H and O–H groups in total. The summed E-state index contributed by atoms with van der Waals surface area (Å²) in [5, 5.41) is 8.91. The minimum Gasteiger partial charge on any atom is -0.336 e. The molecule has 10 nitrogen and oxygen atoms in total. The summed E-state index contributed by atoms with van der Waals surface area (Å²) in [6.07, 6.45) is -3.15.